The molecule has 2 aromatic rings. The summed E-state index contributed by atoms with van der Waals surface area (Å²) in [4.78, 5) is 0. The number of benzene rings is 2. The second-order valence-electron chi connectivity index (χ2n) is 4.63. The molecule has 2 atom stereocenters. The molecule has 19 heavy (non-hydrogen) atoms. The fourth-order valence-electron chi connectivity index (χ4n) is 2.31. The van der Waals surface area contributed by atoms with Crippen LogP contribution in [0.2, 0.25) is 0 Å². The number of phenols is 1. The fourth-order valence-corrected chi connectivity index (χ4v) is 2.69. The Bertz CT molecular complexity index is 595. The fraction of sp³-hybridized carbons (Fsp3) is 0.200. The molecule has 2 N–H and O–H groups in total. The van der Waals surface area contributed by atoms with Gasteiger partial charge >= 0.3 is 0 Å². The highest BCUT2D eigenvalue weighted by Crippen LogP contribution is 2.41. The van der Waals surface area contributed by atoms with Crippen molar-refractivity contribution in [3.63, 3.8) is 0 Å². The number of hydrogen-bond donors (Lipinski definition) is 2. The molecule has 3 nitrogen and oxygen atoms in total. The average Bonchev–Trinajstić information content (AvgIpc) is 2.40. The van der Waals surface area contributed by atoms with Crippen molar-refractivity contribution in [2.24, 2.45) is 0 Å². The summed E-state index contributed by atoms with van der Waals surface area (Å²) >= 11 is 3.39. The van der Waals surface area contributed by atoms with Crippen LogP contribution in [0.4, 0.5) is 0 Å². The highest BCUT2D eigenvalue weighted by atomic mass is 79.9. The Labute approximate surface area is 119 Å². The minimum Gasteiger partial charge on any atom is -0.508 e. The Morgan fingerprint density at radius 2 is 1.84 bits per heavy atom. The quantitative estimate of drug-likeness (QED) is 0.842. The van der Waals surface area contributed by atoms with Crippen LogP contribution >= 0.6 is 15.9 Å². The van der Waals surface area contributed by atoms with Crippen LogP contribution in [0.15, 0.2) is 46.9 Å². The molecule has 0 aromatic heterocycles. The van der Waals surface area contributed by atoms with E-state index in [0.29, 0.717) is 12.2 Å². The summed E-state index contributed by atoms with van der Waals surface area (Å²) < 4.78 is 6.85. The van der Waals surface area contributed by atoms with Gasteiger partial charge in [-0.05, 0) is 35.9 Å². The minimum atomic E-state index is -0.542. The zero-order valence-corrected chi connectivity index (χ0v) is 11.7. The van der Waals surface area contributed by atoms with Crippen molar-refractivity contribution in [3.8, 4) is 11.5 Å². The molecule has 1 aliphatic rings. The smallest absolute Gasteiger partial charge is 0.127 e. The number of aromatic hydroxyl groups is 1. The maximum Gasteiger partial charge on any atom is 0.127 e. The summed E-state index contributed by atoms with van der Waals surface area (Å²) in [5.74, 6) is 0.935. The largest absolute Gasteiger partial charge is 0.508 e. The maximum atomic E-state index is 10.2. The maximum absolute atomic E-state index is 10.2. The first-order chi connectivity index (χ1) is 9.13. The van der Waals surface area contributed by atoms with Gasteiger partial charge in [-0.2, -0.15) is 0 Å². The third kappa shape index (κ3) is 2.46. The van der Waals surface area contributed by atoms with Crippen LogP contribution in [0, 0.1) is 0 Å². The van der Waals surface area contributed by atoms with Crippen molar-refractivity contribution in [2.75, 3.05) is 0 Å². The molecule has 0 amide bonds. The lowest BCUT2D eigenvalue weighted by atomic mass is 9.95. The van der Waals surface area contributed by atoms with E-state index in [9.17, 15) is 10.2 Å². The predicted octanol–water partition coefficient (Wildman–Crippen LogP) is 3.71. The second kappa shape index (κ2) is 4.87. The van der Waals surface area contributed by atoms with Gasteiger partial charge < -0.3 is 14.9 Å². The van der Waals surface area contributed by atoms with Crippen molar-refractivity contribution in [1.29, 1.82) is 0 Å². The van der Waals surface area contributed by atoms with E-state index in [4.69, 9.17) is 4.74 Å². The van der Waals surface area contributed by atoms with E-state index in [-0.39, 0.29) is 11.9 Å². The summed E-state index contributed by atoms with van der Waals surface area (Å²) in [6.45, 7) is 0. The molecule has 0 saturated heterocycles. The molecule has 4 heteroatoms. The van der Waals surface area contributed by atoms with Gasteiger partial charge in [0.1, 0.15) is 17.6 Å². The molecule has 2 aromatic carbocycles. The normalized spacial score (nSPS) is 21.6. The van der Waals surface area contributed by atoms with Gasteiger partial charge in [0.05, 0.1) is 6.10 Å². The van der Waals surface area contributed by atoms with Gasteiger partial charge in [0.2, 0.25) is 0 Å². The van der Waals surface area contributed by atoms with Crippen LogP contribution in [0.5, 0.6) is 11.5 Å². The van der Waals surface area contributed by atoms with E-state index >= 15 is 0 Å². The van der Waals surface area contributed by atoms with Gasteiger partial charge in [0, 0.05) is 16.5 Å². The van der Waals surface area contributed by atoms with Crippen LogP contribution < -0.4 is 4.74 Å². The van der Waals surface area contributed by atoms with Gasteiger partial charge in [-0.1, -0.05) is 28.1 Å². The van der Waals surface area contributed by atoms with Crippen LogP contribution in [0.1, 0.15) is 29.8 Å². The Hall–Kier alpha value is -1.52. The molecule has 1 unspecified atom stereocenters. The monoisotopic (exact) mass is 320 g/mol. The number of aliphatic hydroxyl groups is 1. The minimum absolute atomic E-state index is 0.190. The Kier molecular flexibility index (Phi) is 3.21. The third-order valence-corrected chi connectivity index (χ3v) is 3.80. The van der Waals surface area contributed by atoms with Gasteiger partial charge in [0.25, 0.3) is 0 Å². The first-order valence-corrected chi connectivity index (χ1v) is 6.86. The molecule has 0 fully saturated rings. The number of ether oxygens (including phenoxy) is 1. The number of halogens is 1. The lowest BCUT2D eigenvalue weighted by Crippen LogP contribution is -2.18. The Morgan fingerprint density at radius 3 is 2.58 bits per heavy atom. The lowest BCUT2D eigenvalue weighted by molar-refractivity contribution is 0.0656. The molecule has 0 saturated carbocycles. The number of rotatable bonds is 1. The number of phenolic OH excluding ortho intramolecular Hbond substituents is 1. The van der Waals surface area contributed by atoms with Crippen LogP contribution in [0.3, 0.4) is 0 Å². The molecular weight excluding hydrogens is 308 g/mol. The van der Waals surface area contributed by atoms with Crippen molar-refractivity contribution in [1.82, 2.24) is 0 Å². The zero-order valence-electron chi connectivity index (χ0n) is 10.1. The summed E-state index contributed by atoms with van der Waals surface area (Å²) in [5.41, 5.74) is 1.76. The summed E-state index contributed by atoms with van der Waals surface area (Å²) in [6, 6.07) is 12.5. The van der Waals surface area contributed by atoms with E-state index in [2.05, 4.69) is 15.9 Å². The first-order valence-electron chi connectivity index (χ1n) is 6.06. The highest BCUT2D eigenvalue weighted by Gasteiger charge is 2.28. The molecule has 1 heterocycles. The van der Waals surface area contributed by atoms with Crippen molar-refractivity contribution in [3.05, 3.63) is 58.1 Å². The van der Waals surface area contributed by atoms with Gasteiger partial charge in [-0.3, -0.25) is 0 Å². The molecule has 0 spiro atoms. The lowest BCUT2D eigenvalue weighted by Gasteiger charge is -2.30. The summed E-state index contributed by atoms with van der Waals surface area (Å²) in [6.07, 6.45) is -0.224. The predicted molar refractivity (Wildman–Crippen MR) is 75.2 cm³/mol. The molecule has 3 rings (SSSR count). The summed E-state index contributed by atoms with van der Waals surface area (Å²) in [7, 11) is 0. The zero-order chi connectivity index (χ0) is 13.4. The van der Waals surface area contributed by atoms with E-state index in [1.54, 1.807) is 12.1 Å². The van der Waals surface area contributed by atoms with Crippen molar-refractivity contribution in [2.45, 2.75) is 18.6 Å². The topological polar surface area (TPSA) is 49.7 Å². The van der Waals surface area contributed by atoms with Crippen molar-refractivity contribution < 1.29 is 14.9 Å². The molecule has 0 radical (unpaired) electrons. The van der Waals surface area contributed by atoms with Gasteiger partial charge in [-0.15, -0.1) is 0 Å². The first kappa shape index (κ1) is 12.5. The highest BCUT2D eigenvalue weighted by molar-refractivity contribution is 9.10. The molecule has 0 aliphatic carbocycles. The molecular formula is C15H13BrO3. The average molecular weight is 321 g/mol. The molecule has 1 aliphatic heterocycles. The van der Waals surface area contributed by atoms with Crippen LogP contribution in [-0.2, 0) is 0 Å². The standard InChI is InChI=1S/C15H13BrO3/c16-10-3-6-14-12(7-10)13(18)8-15(19-14)9-1-4-11(17)5-2-9/h1-7,13,15,17-18H,8H2/t13-,15?/m1/s1. The van der Waals surface area contributed by atoms with Crippen LogP contribution in [-0.4, -0.2) is 10.2 Å². The van der Waals surface area contributed by atoms with E-state index in [0.717, 1.165) is 15.6 Å². The van der Waals surface area contributed by atoms with E-state index in [1.165, 1.54) is 0 Å². The van der Waals surface area contributed by atoms with Crippen molar-refractivity contribution >= 4 is 15.9 Å². The van der Waals surface area contributed by atoms with E-state index < -0.39 is 6.10 Å². The number of fused-ring (bicyclic) bond motifs is 1. The number of aliphatic hydroxyl groups excluding tert-OH is 1. The third-order valence-electron chi connectivity index (χ3n) is 3.30. The Balaban J connectivity index is 1.92. The number of hydrogen-bond acceptors (Lipinski definition) is 3. The molecule has 0 bridgehead atoms. The van der Waals surface area contributed by atoms with E-state index in [1.807, 2.05) is 30.3 Å². The second-order valence-corrected chi connectivity index (χ2v) is 5.55. The Morgan fingerprint density at radius 1 is 1.11 bits per heavy atom. The summed E-state index contributed by atoms with van der Waals surface area (Å²) in [5, 5.41) is 19.5. The van der Waals surface area contributed by atoms with Gasteiger partial charge in [0.15, 0.2) is 0 Å². The SMILES string of the molecule is Oc1ccc(C2C[C@@H](O)c3cc(Br)ccc3O2)cc1. The van der Waals surface area contributed by atoms with Crippen LogP contribution in [0.25, 0.3) is 0 Å². The van der Waals surface area contributed by atoms with Gasteiger partial charge in [-0.25, -0.2) is 0 Å². The molecule has 98 valence electrons.